The largest absolute Gasteiger partial charge is 0.442 e. The van der Waals surface area contributed by atoms with Crippen LogP contribution in [0.4, 0.5) is 4.79 Å². The van der Waals surface area contributed by atoms with Crippen molar-refractivity contribution in [2.45, 2.75) is 26.4 Å². The highest BCUT2D eigenvalue weighted by molar-refractivity contribution is 9.10. The summed E-state index contributed by atoms with van der Waals surface area (Å²) in [6.07, 6.45) is -0.549. The van der Waals surface area contributed by atoms with Gasteiger partial charge in [-0.3, -0.25) is 0 Å². The molecule has 0 aliphatic heterocycles. The second kappa shape index (κ2) is 6.06. The summed E-state index contributed by atoms with van der Waals surface area (Å²) in [6.45, 7) is 5.38. The Bertz CT molecular complexity index is 478. The number of amidine groups is 1. The van der Waals surface area contributed by atoms with Gasteiger partial charge in [-0.25, -0.2) is 4.79 Å². The van der Waals surface area contributed by atoms with Crippen LogP contribution in [-0.4, -0.2) is 29.6 Å². The minimum Gasteiger partial charge on any atom is -0.442 e. The Balaban J connectivity index is 2.78. The first-order chi connectivity index (χ1) is 8.69. The fraction of sp³-hybridized carbons (Fsp3) is 0.385. The van der Waals surface area contributed by atoms with Crippen LogP contribution in [0.5, 0.6) is 0 Å². The molecular formula is C13H18BrN3O2. The van der Waals surface area contributed by atoms with Crippen LogP contribution in [0.1, 0.15) is 26.3 Å². The van der Waals surface area contributed by atoms with Gasteiger partial charge in [-0.15, -0.1) is 5.10 Å². The van der Waals surface area contributed by atoms with Crippen LogP contribution in [0.3, 0.4) is 0 Å². The number of amides is 1. The maximum atomic E-state index is 11.7. The van der Waals surface area contributed by atoms with E-state index in [0.717, 1.165) is 15.0 Å². The van der Waals surface area contributed by atoms with Crippen molar-refractivity contribution in [2.75, 3.05) is 7.05 Å². The molecule has 0 aromatic heterocycles. The molecule has 0 fully saturated rings. The van der Waals surface area contributed by atoms with Crippen LogP contribution in [0.2, 0.25) is 0 Å². The molecule has 0 spiro atoms. The van der Waals surface area contributed by atoms with Gasteiger partial charge < -0.3 is 10.5 Å². The van der Waals surface area contributed by atoms with Crippen LogP contribution < -0.4 is 5.73 Å². The van der Waals surface area contributed by atoms with Gasteiger partial charge in [0.25, 0.3) is 0 Å². The summed E-state index contributed by atoms with van der Waals surface area (Å²) in [5.41, 5.74) is 6.01. The van der Waals surface area contributed by atoms with Gasteiger partial charge in [-0.05, 0) is 32.9 Å². The fourth-order valence-corrected chi connectivity index (χ4v) is 1.47. The molecule has 104 valence electrons. The third-order valence-corrected chi connectivity index (χ3v) is 2.58. The molecule has 0 aliphatic rings. The lowest BCUT2D eigenvalue weighted by Crippen LogP contribution is -2.33. The quantitative estimate of drug-likeness (QED) is 0.516. The first-order valence-corrected chi connectivity index (χ1v) is 6.55. The van der Waals surface area contributed by atoms with E-state index >= 15 is 0 Å². The van der Waals surface area contributed by atoms with E-state index in [1.165, 1.54) is 7.05 Å². The topological polar surface area (TPSA) is 67.9 Å². The number of hydrazone groups is 1. The highest BCUT2D eigenvalue weighted by Gasteiger charge is 2.19. The molecule has 2 N–H and O–H groups in total. The molecular weight excluding hydrogens is 310 g/mol. The van der Waals surface area contributed by atoms with Gasteiger partial charge in [0.15, 0.2) is 5.84 Å². The van der Waals surface area contributed by atoms with E-state index in [2.05, 4.69) is 21.0 Å². The maximum Gasteiger partial charge on any atom is 0.430 e. The second-order valence-electron chi connectivity index (χ2n) is 5.00. The standard InChI is InChI=1S/C13H18BrN3O2/c1-13(2,3)19-12(18)17(4)16-11(15)9-5-7-10(14)8-6-9/h5-8H,1-4H3,(H2,15,16). The molecule has 6 heteroatoms. The zero-order valence-corrected chi connectivity index (χ0v) is 13.1. The lowest BCUT2D eigenvalue weighted by atomic mass is 10.2. The monoisotopic (exact) mass is 327 g/mol. The number of hydrogen-bond acceptors (Lipinski definition) is 3. The van der Waals surface area contributed by atoms with Crippen molar-refractivity contribution < 1.29 is 9.53 Å². The van der Waals surface area contributed by atoms with Gasteiger partial charge in [-0.1, -0.05) is 28.1 Å². The van der Waals surface area contributed by atoms with Crippen molar-refractivity contribution in [2.24, 2.45) is 10.8 Å². The zero-order valence-electron chi connectivity index (χ0n) is 11.5. The number of nitrogens with zero attached hydrogens (tertiary/aromatic N) is 2. The first kappa shape index (κ1) is 15.5. The first-order valence-electron chi connectivity index (χ1n) is 5.76. The van der Waals surface area contributed by atoms with Crippen LogP contribution >= 0.6 is 15.9 Å². The van der Waals surface area contributed by atoms with Crippen molar-refractivity contribution in [1.82, 2.24) is 5.01 Å². The molecule has 0 bridgehead atoms. The van der Waals surface area contributed by atoms with E-state index in [9.17, 15) is 4.79 Å². The number of nitrogens with two attached hydrogens (primary N) is 1. The van der Waals surface area contributed by atoms with Gasteiger partial charge in [0, 0.05) is 17.1 Å². The summed E-state index contributed by atoms with van der Waals surface area (Å²) >= 11 is 3.34. The van der Waals surface area contributed by atoms with Crippen molar-refractivity contribution in [3.8, 4) is 0 Å². The lowest BCUT2D eigenvalue weighted by molar-refractivity contribution is 0.0303. The summed E-state index contributed by atoms with van der Waals surface area (Å²) < 4.78 is 6.12. The van der Waals surface area contributed by atoms with E-state index in [1.807, 2.05) is 24.3 Å². The second-order valence-corrected chi connectivity index (χ2v) is 5.91. The van der Waals surface area contributed by atoms with Crippen LogP contribution in [0.15, 0.2) is 33.8 Å². The van der Waals surface area contributed by atoms with Crippen molar-refractivity contribution >= 4 is 27.9 Å². The predicted molar refractivity (Wildman–Crippen MR) is 78.9 cm³/mol. The number of halogens is 1. The summed E-state index contributed by atoms with van der Waals surface area (Å²) in [5.74, 6) is 0.251. The molecule has 0 radical (unpaired) electrons. The van der Waals surface area contributed by atoms with E-state index in [1.54, 1.807) is 20.8 Å². The summed E-state index contributed by atoms with van der Waals surface area (Å²) in [4.78, 5) is 11.7. The van der Waals surface area contributed by atoms with Gasteiger partial charge in [0.2, 0.25) is 0 Å². The smallest absolute Gasteiger partial charge is 0.430 e. The molecule has 19 heavy (non-hydrogen) atoms. The minimum atomic E-state index is -0.562. The molecule has 1 amide bonds. The Hall–Kier alpha value is -1.56. The minimum absolute atomic E-state index is 0.251. The van der Waals surface area contributed by atoms with Crippen LogP contribution in [-0.2, 0) is 4.74 Å². The number of hydrogen-bond donors (Lipinski definition) is 1. The lowest BCUT2D eigenvalue weighted by Gasteiger charge is -2.22. The molecule has 1 aromatic carbocycles. The molecule has 0 atom stereocenters. The Kier molecular flexibility index (Phi) is 4.94. The number of ether oxygens (including phenoxy) is 1. The third-order valence-electron chi connectivity index (χ3n) is 2.06. The zero-order chi connectivity index (χ0) is 14.6. The number of carbonyl (C=O) groups is 1. The normalized spacial score (nSPS) is 12.2. The molecule has 0 saturated heterocycles. The van der Waals surface area contributed by atoms with Gasteiger partial charge in [0.05, 0.1) is 0 Å². The molecule has 0 aliphatic carbocycles. The van der Waals surface area contributed by atoms with Gasteiger partial charge in [-0.2, -0.15) is 5.01 Å². The number of carbonyl (C=O) groups excluding carboxylic acids is 1. The number of rotatable bonds is 2. The molecule has 0 heterocycles. The molecule has 5 nitrogen and oxygen atoms in total. The Morgan fingerprint density at radius 3 is 2.32 bits per heavy atom. The average molecular weight is 328 g/mol. The van der Waals surface area contributed by atoms with Crippen molar-refractivity contribution in [3.05, 3.63) is 34.3 Å². The van der Waals surface area contributed by atoms with E-state index in [4.69, 9.17) is 10.5 Å². The van der Waals surface area contributed by atoms with Crippen molar-refractivity contribution in [1.29, 1.82) is 0 Å². The summed E-state index contributed by atoms with van der Waals surface area (Å²) in [7, 11) is 1.50. The summed E-state index contributed by atoms with van der Waals surface area (Å²) in [5, 5.41) is 5.08. The Labute approximate surface area is 121 Å². The van der Waals surface area contributed by atoms with E-state index in [0.29, 0.717) is 0 Å². The van der Waals surface area contributed by atoms with Crippen LogP contribution in [0, 0.1) is 0 Å². The predicted octanol–water partition coefficient (Wildman–Crippen LogP) is 2.94. The van der Waals surface area contributed by atoms with E-state index < -0.39 is 11.7 Å². The third kappa shape index (κ3) is 5.30. The maximum absolute atomic E-state index is 11.7. The average Bonchev–Trinajstić information content (AvgIpc) is 2.27. The van der Waals surface area contributed by atoms with Crippen molar-refractivity contribution in [3.63, 3.8) is 0 Å². The Morgan fingerprint density at radius 2 is 1.84 bits per heavy atom. The molecule has 1 aromatic rings. The van der Waals surface area contributed by atoms with Gasteiger partial charge in [0.1, 0.15) is 5.60 Å². The molecule has 0 saturated carbocycles. The van der Waals surface area contributed by atoms with E-state index in [-0.39, 0.29) is 5.84 Å². The summed E-state index contributed by atoms with van der Waals surface area (Å²) in [6, 6.07) is 7.33. The number of benzene rings is 1. The van der Waals surface area contributed by atoms with Gasteiger partial charge >= 0.3 is 6.09 Å². The highest BCUT2D eigenvalue weighted by atomic mass is 79.9. The Morgan fingerprint density at radius 1 is 1.32 bits per heavy atom. The highest BCUT2D eigenvalue weighted by Crippen LogP contribution is 2.12. The molecule has 1 rings (SSSR count). The molecule has 0 unspecified atom stereocenters. The SMILES string of the molecule is CN(/N=C(/N)c1ccc(Br)cc1)C(=O)OC(C)(C)C. The van der Waals surface area contributed by atoms with Crippen LogP contribution in [0.25, 0.3) is 0 Å². The fourth-order valence-electron chi connectivity index (χ4n) is 1.21.